The molecule has 0 aliphatic carbocycles. The van der Waals surface area contributed by atoms with Crippen LogP contribution >= 0.6 is 27.5 Å². The number of benzene rings is 1. The molecule has 2 nitrogen and oxygen atoms in total. The first-order valence-electron chi connectivity index (χ1n) is 5.31. The third-order valence-corrected chi connectivity index (χ3v) is 3.41. The van der Waals surface area contributed by atoms with Gasteiger partial charge in [0.25, 0.3) is 5.56 Å². The van der Waals surface area contributed by atoms with Crippen LogP contribution < -0.4 is 5.56 Å². The van der Waals surface area contributed by atoms with Gasteiger partial charge in [-0.1, -0.05) is 27.5 Å². The van der Waals surface area contributed by atoms with Gasteiger partial charge in [-0.2, -0.15) is 0 Å². The molecule has 1 aromatic heterocycles. The Hall–Kier alpha value is -1.13. The first-order chi connectivity index (χ1) is 8.47. The third-order valence-electron chi connectivity index (χ3n) is 2.69. The van der Waals surface area contributed by atoms with Gasteiger partial charge in [0, 0.05) is 21.8 Å². The van der Waals surface area contributed by atoms with Gasteiger partial charge in [0.1, 0.15) is 5.82 Å². The van der Waals surface area contributed by atoms with Gasteiger partial charge in [-0.15, -0.1) is 0 Å². The maximum absolute atomic E-state index is 13.3. The number of hydrogen-bond acceptors (Lipinski definition) is 1. The minimum atomic E-state index is -0.408. The molecule has 5 heteroatoms. The number of rotatable bonds is 2. The van der Waals surface area contributed by atoms with Crippen LogP contribution in [0.5, 0.6) is 0 Å². The zero-order valence-electron chi connectivity index (χ0n) is 9.53. The molecule has 0 bridgehead atoms. The molecule has 0 amide bonds. The summed E-state index contributed by atoms with van der Waals surface area (Å²) in [5.41, 5.74) is 0.502. The Balaban J connectivity index is 2.47. The molecule has 1 atom stereocenters. The second kappa shape index (κ2) is 5.24. The second-order valence-corrected chi connectivity index (χ2v) is 5.32. The lowest BCUT2D eigenvalue weighted by molar-refractivity contribution is 0.593. The molecule has 1 unspecified atom stereocenters. The number of pyridine rings is 1. The number of hydrogen-bond donors (Lipinski definition) is 0. The van der Waals surface area contributed by atoms with Crippen molar-refractivity contribution in [2.24, 2.45) is 0 Å². The molecule has 0 saturated heterocycles. The van der Waals surface area contributed by atoms with Crippen molar-refractivity contribution in [3.05, 3.63) is 67.8 Å². The fourth-order valence-corrected chi connectivity index (χ4v) is 2.31. The maximum Gasteiger partial charge on any atom is 0.252 e. The zero-order chi connectivity index (χ0) is 13.3. The molecule has 94 valence electrons. The highest BCUT2D eigenvalue weighted by molar-refractivity contribution is 9.10. The Morgan fingerprint density at radius 3 is 2.67 bits per heavy atom. The Morgan fingerprint density at radius 2 is 2.06 bits per heavy atom. The van der Waals surface area contributed by atoms with Crippen molar-refractivity contribution in [1.82, 2.24) is 4.57 Å². The summed E-state index contributed by atoms with van der Waals surface area (Å²) in [7, 11) is 0. The van der Waals surface area contributed by atoms with Gasteiger partial charge in [0.15, 0.2) is 0 Å². The summed E-state index contributed by atoms with van der Waals surface area (Å²) < 4.78 is 15.5. The molecule has 1 aromatic carbocycles. The van der Waals surface area contributed by atoms with E-state index in [-0.39, 0.29) is 11.6 Å². The van der Waals surface area contributed by atoms with E-state index in [9.17, 15) is 9.18 Å². The van der Waals surface area contributed by atoms with Crippen LogP contribution in [0.15, 0.2) is 45.8 Å². The zero-order valence-corrected chi connectivity index (χ0v) is 11.9. The van der Waals surface area contributed by atoms with E-state index in [1.807, 2.05) is 6.92 Å². The Morgan fingerprint density at radius 1 is 1.33 bits per heavy atom. The maximum atomic E-state index is 13.3. The molecule has 0 aliphatic rings. The smallest absolute Gasteiger partial charge is 0.252 e. The van der Waals surface area contributed by atoms with Crippen LogP contribution in [-0.4, -0.2) is 4.57 Å². The summed E-state index contributed by atoms with van der Waals surface area (Å²) in [4.78, 5) is 11.8. The van der Waals surface area contributed by atoms with Gasteiger partial charge < -0.3 is 4.57 Å². The van der Waals surface area contributed by atoms with E-state index in [2.05, 4.69) is 15.9 Å². The Labute approximate surface area is 117 Å². The molecular formula is C13H10BrClFNO. The van der Waals surface area contributed by atoms with Crippen molar-refractivity contribution in [2.75, 3.05) is 0 Å². The summed E-state index contributed by atoms with van der Waals surface area (Å²) >= 11 is 9.04. The van der Waals surface area contributed by atoms with Gasteiger partial charge >= 0.3 is 0 Å². The van der Waals surface area contributed by atoms with Crippen LogP contribution in [0.4, 0.5) is 4.39 Å². The highest BCUT2D eigenvalue weighted by Crippen LogP contribution is 2.22. The SMILES string of the molecule is CC(c1cc(F)cc(Cl)c1)n1ccc(Br)cc1=O. The van der Waals surface area contributed by atoms with Gasteiger partial charge in [-0.25, -0.2) is 4.39 Å². The first-order valence-corrected chi connectivity index (χ1v) is 6.48. The van der Waals surface area contributed by atoms with Crippen molar-refractivity contribution in [1.29, 1.82) is 0 Å². The predicted molar refractivity (Wildman–Crippen MR) is 73.6 cm³/mol. The fourth-order valence-electron chi connectivity index (χ4n) is 1.76. The normalized spacial score (nSPS) is 12.4. The van der Waals surface area contributed by atoms with Crippen molar-refractivity contribution < 1.29 is 4.39 Å². The number of halogens is 3. The van der Waals surface area contributed by atoms with Gasteiger partial charge in [0.2, 0.25) is 0 Å². The van der Waals surface area contributed by atoms with E-state index < -0.39 is 5.82 Å². The predicted octanol–water partition coefficient (Wildman–Crippen LogP) is 4.01. The molecule has 2 aromatic rings. The van der Waals surface area contributed by atoms with Crippen molar-refractivity contribution >= 4 is 27.5 Å². The first kappa shape index (κ1) is 13.3. The third kappa shape index (κ3) is 2.82. The fraction of sp³-hybridized carbons (Fsp3) is 0.154. The highest BCUT2D eigenvalue weighted by Gasteiger charge is 2.11. The molecular weight excluding hydrogens is 321 g/mol. The average Bonchev–Trinajstić information content (AvgIpc) is 2.26. The quantitative estimate of drug-likeness (QED) is 0.815. The lowest BCUT2D eigenvalue weighted by Gasteiger charge is -2.16. The molecule has 0 N–H and O–H groups in total. The lowest BCUT2D eigenvalue weighted by Crippen LogP contribution is -2.22. The minimum Gasteiger partial charge on any atom is -0.308 e. The number of aromatic nitrogens is 1. The summed E-state index contributed by atoms with van der Waals surface area (Å²) in [5.74, 6) is -0.408. The summed E-state index contributed by atoms with van der Waals surface area (Å²) in [6, 6.07) is 7.23. The van der Waals surface area contributed by atoms with Crippen molar-refractivity contribution in [3.63, 3.8) is 0 Å². The molecule has 0 aliphatic heterocycles. The van der Waals surface area contributed by atoms with E-state index in [1.165, 1.54) is 22.8 Å². The highest BCUT2D eigenvalue weighted by atomic mass is 79.9. The van der Waals surface area contributed by atoms with Crippen LogP contribution in [0, 0.1) is 5.82 Å². The Kier molecular flexibility index (Phi) is 3.88. The molecule has 2 rings (SSSR count). The number of nitrogens with zero attached hydrogens (tertiary/aromatic N) is 1. The van der Waals surface area contributed by atoms with Crippen LogP contribution in [0.2, 0.25) is 5.02 Å². The van der Waals surface area contributed by atoms with Crippen LogP contribution in [0.3, 0.4) is 0 Å². The van der Waals surface area contributed by atoms with E-state index >= 15 is 0 Å². The molecule has 0 saturated carbocycles. The largest absolute Gasteiger partial charge is 0.308 e. The average molecular weight is 331 g/mol. The molecule has 0 radical (unpaired) electrons. The van der Waals surface area contributed by atoms with Gasteiger partial charge in [0.05, 0.1) is 6.04 Å². The van der Waals surface area contributed by atoms with E-state index in [0.717, 1.165) is 0 Å². The van der Waals surface area contributed by atoms with Gasteiger partial charge in [-0.3, -0.25) is 4.79 Å². The van der Waals surface area contributed by atoms with Crippen molar-refractivity contribution in [2.45, 2.75) is 13.0 Å². The standard InChI is InChI=1S/C13H10BrClFNO/c1-8(9-4-11(15)7-12(16)5-9)17-3-2-10(14)6-13(17)18/h2-8H,1H3. The molecule has 1 heterocycles. The molecule has 18 heavy (non-hydrogen) atoms. The van der Waals surface area contributed by atoms with Crippen molar-refractivity contribution in [3.8, 4) is 0 Å². The van der Waals surface area contributed by atoms with E-state index in [1.54, 1.807) is 18.3 Å². The summed E-state index contributed by atoms with van der Waals surface area (Å²) in [5, 5.41) is 0.321. The summed E-state index contributed by atoms with van der Waals surface area (Å²) in [6.45, 7) is 1.82. The topological polar surface area (TPSA) is 22.0 Å². The van der Waals surface area contributed by atoms with E-state index in [0.29, 0.717) is 15.1 Å². The minimum absolute atomic E-state index is 0.155. The van der Waals surface area contributed by atoms with Crippen LogP contribution in [0.25, 0.3) is 0 Å². The van der Waals surface area contributed by atoms with Gasteiger partial charge in [-0.05, 0) is 36.8 Å². The van der Waals surface area contributed by atoms with Crippen LogP contribution in [-0.2, 0) is 0 Å². The Bertz CT molecular complexity index is 621. The monoisotopic (exact) mass is 329 g/mol. The molecule has 0 spiro atoms. The van der Waals surface area contributed by atoms with E-state index in [4.69, 9.17) is 11.6 Å². The summed E-state index contributed by atoms with van der Waals surface area (Å²) in [6.07, 6.45) is 1.66. The second-order valence-electron chi connectivity index (χ2n) is 3.97. The lowest BCUT2D eigenvalue weighted by atomic mass is 10.1. The molecule has 0 fully saturated rings. The van der Waals surface area contributed by atoms with Crippen LogP contribution in [0.1, 0.15) is 18.5 Å².